The zero-order valence-corrected chi connectivity index (χ0v) is 12.7. The summed E-state index contributed by atoms with van der Waals surface area (Å²) in [5.74, 6) is 0. The topological polar surface area (TPSA) is 64.6 Å². The molecule has 0 aromatic heterocycles. The van der Waals surface area contributed by atoms with Crippen molar-refractivity contribution in [3.63, 3.8) is 0 Å². The van der Waals surface area contributed by atoms with Gasteiger partial charge >= 0.3 is 0 Å². The van der Waals surface area contributed by atoms with E-state index >= 15 is 0 Å². The van der Waals surface area contributed by atoms with Gasteiger partial charge in [0.05, 0.1) is 18.1 Å². The lowest BCUT2D eigenvalue weighted by Gasteiger charge is -2.23. The molecule has 7 heteroatoms. The number of hydrogen-bond donors (Lipinski definition) is 1. The summed E-state index contributed by atoms with van der Waals surface area (Å²) in [5, 5.41) is 0. The van der Waals surface area contributed by atoms with Crippen LogP contribution in [0.3, 0.4) is 0 Å². The molecule has 0 aliphatic carbocycles. The van der Waals surface area contributed by atoms with Crippen LogP contribution in [0.1, 0.15) is 12.8 Å². The molecule has 1 aliphatic rings. The maximum Gasteiger partial charge on any atom is 0.240 e. The molecule has 5 nitrogen and oxygen atoms in total. The van der Waals surface area contributed by atoms with Crippen molar-refractivity contribution < 1.29 is 17.9 Å². The van der Waals surface area contributed by atoms with Crippen molar-refractivity contribution in [2.24, 2.45) is 0 Å². The van der Waals surface area contributed by atoms with E-state index in [1.165, 1.54) is 0 Å². The fraction of sp³-hybridized carbons (Fsp3) is 0.500. The molecule has 0 saturated carbocycles. The van der Waals surface area contributed by atoms with Crippen LogP contribution in [0.5, 0.6) is 0 Å². The summed E-state index contributed by atoms with van der Waals surface area (Å²) in [6.07, 6.45) is 1.10. The quantitative estimate of drug-likeness (QED) is 0.881. The number of halogens is 1. The van der Waals surface area contributed by atoms with Crippen molar-refractivity contribution in [1.29, 1.82) is 0 Å². The van der Waals surface area contributed by atoms with Crippen LogP contribution in [0, 0.1) is 0 Å². The van der Waals surface area contributed by atoms with Gasteiger partial charge in [-0.25, -0.2) is 13.1 Å². The first-order valence-electron chi connectivity index (χ1n) is 6.06. The maximum absolute atomic E-state index is 12.0. The Morgan fingerprint density at radius 3 is 2.47 bits per heavy atom. The summed E-state index contributed by atoms with van der Waals surface area (Å²) in [5.41, 5.74) is 0. The van der Waals surface area contributed by atoms with Gasteiger partial charge in [0.25, 0.3) is 0 Å². The minimum Gasteiger partial charge on any atom is -0.353 e. The van der Waals surface area contributed by atoms with Gasteiger partial charge in [-0.05, 0) is 30.7 Å². The zero-order chi connectivity index (χ0) is 13.7. The van der Waals surface area contributed by atoms with Crippen LogP contribution < -0.4 is 4.72 Å². The predicted molar refractivity (Wildman–Crippen MR) is 74.3 cm³/mol. The van der Waals surface area contributed by atoms with Gasteiger partial charge in [0.15, 0.2) is 6.29 Å². The molecule has 19 heavy (non-hydrogen) atoms. The minimum atomic E-state index is -3.46. The first kappa shape index (κ1) is 14.9. The second-order valence-corrected chi connectivity index (χ2v) is 6.85. The number of hydrogen-bond acceptors (Lipinski definition) is 4. The molecular weight excluding hydrogens is 334 g/mol. The van der Waals surface area contributed by atoms with Crippen molar-refractivity contribution in [1.82, 2.24) is 4.72 Å². The highest BCUT2D eigenvalue weighted by Crippen LogP contribution is 2.15. The molecule has 0 unspecified atom stereocenters. The molecule has 106 valence electrons. The molecule has 0 spiro atoms. The normalized spacial score (nSPS) is 17.5. The Hall–Kier alpha value is -0.470. The zero-order valence-electron chi connectivity index (χ0n) is 10.3. The molecular formula is C12H16BrNO4S. The number of sulfonamides is 1. The minimum absolute atomic E-state index is 0.251. The SMILES string of the molecule is O=S(=O)(NCCC1OCCCO1)c1ccc(Br)cc1. The molecule has 1 heterocycles. The molecule has 0 bridgehead atoms. The smallest absolute Gasteiger partial charge is 0.240 e. The molecule has 0 radical (unpaired) electrons. The Balaban J connectivity index is 1.85. The monoisotopic (exact) mass is 349 g/mol. The van der Waals surface area contributed by atoms with Crippen molar-refractivity contribution >= 4 is 26.0 Å². The average Bonchev–Trinajstić information content (AvgIpc) is 2.40. The van der Waals surface area contributed by atoms with Crippen molar-refractivity contribution in [2.75, 3.05) is 19.8 Å². The van der Waals surface area contributed by atoms with Crippen LogP contribution in [0.4, 0.5) is 0 Å². The van der Waals surface area contributed by atoms with E-state index in [0.29, 0.717) is 26.2 Å². The summed E-state index contributed by atoms with van der Waals surface area (Å²) < 4.78 is 38.0. The average molecular weight is 350 g/mol. The van der Waals surface area contributed by atoms with Crippen LogP contribution in [0.2, 0.25) is 0 Å². The van der Waals surface area contributed by atoms with Gasteiger partial charge in [-0.15, -0.1) is 0 Å². The molecule has 2 rings (SSSR count). The van der Waals surface area contributed by atoms with Gasteiger partial charge in [0.1, 0.15) is 0 Å². The van der Waals surface area contributed by atoms with Gasteiger partial charge in [-0.3, -0.25) is 0 Å². The Labute approximate surface area is 121 Å². The van der Waals surface area contributed by atoms with E-state index in [9.17, 15) is 8.42 Å². The van der Waals surface area contributed by atoms with E-state index in [1.54, 1.807) is 24.3 Å². The summed E-state index contributed by atoms with van der Waals surface area (Å²) in [4.78, 5) is 0.251. The van der Waals surface area contributed by atoms with Gasteiger partial charge in [0, 0.05) is 17.4 Å². The first-order valence-corrected chi connectivity index (χ1v) is 8.34. The Kier molecular flexibility index (Phi) is 5.35. The van der Waals surface area contributed by atoms with Crippen LogP contribution in [-0.4, -0.2) is 34.5 Å². The summed E-state index contributed by atoms with van der Waals surface area (Å²) in [6.45, 7) is 1.64. The van der Waals surface area contributed by atoms with E-state index in [-0.39, 0.29) is 11.2 Å². The number of benzene rings is 1. The highest BCUT2D eigenvalue weighted by molar-refractivity contribution is 9.10. The van der Waals surface area contributed by atoms with Crippen LogP contribution in [-0.2, 0) is 19.5 Å². The van der Waals surface area contributed by atoms with E-state index in [1.807, 2.05) is 0 Å². The molecule has 1 aromatic carbocycles. The molecule has 0 amide bonds. The third kappa shape index (κ3) is 4.54. The predicted octanol–water partition coefficient (Wildman–Crippen LogP) is 1.88. The second kappa shape index (κ2) is 6.81. The lowest BCUT2D eigenvalue weighted by molar-refractivity contribution is -0.180. The summed E-state index contributed by atoms with van der Waals surface area (Å²) in [6, 6.07) is 6.50. The highest BCUT2D eigenvalue weighted by Gasteiger charge is 2.17. The Morgan fingerprint density at radius 1 is 1.21 bits per heavy atom. The lowest BCUT2D eigenvalue weighted by atomic mass is 10.4. The van der Waals surface area contributed by atoms with Gasteiger partial charge in [-0.2, -0.15) is 0 Å². The van der Waals surface area contributed by atoms with Crippen molar-refractivity contribution in [3.05, 3.63) is 28.7 Å². The standard InChI is InChI=1S/C12H16BrNO4S/c13-10-2-4-11(5-3-10)19(15,16)14-7-6-12-17-8-1-9-18-12/h2-5,12,14H,1,6-9H2. The maximum atomic E-state index is 12.0. The fourth-order valence-electron chi connectivity index (χ4n) is 1.71. The van der Waals surface area contributed by atoms with Crippen LogP contribution >= 0.6 is 15.9 Å². The van der Waals surface area contributed by atoms with Gasteiger partial charge < -0.3 is 9.47 Å². The first-order chi connectivity index (χ1) is 9.08. The van der Waals surface area contributed by atoms with Crippen LogP contribution in [0.25, 0.3) is 0 Å². The van der Waals surface area contributed by atoms with Crippen LogP contribution in [0.15, 0.2) is 33.6 Å². The fourth-order valence-corrected chi connectivity index (χ4v) is 3.02. The summed E-state index contributed by atoms with van der Waals surface area (Å²) >= 11 is 3.27. The molecule has 1 fully saturated rings. The third-order valence-corrected chi connectivity index (χ3v) is 4.70. The van der Waals surface area contributed by atoms with Crippen molar-refractivity contribution in [2.45, 2.75) is 24.0 Å². The molecule has 0 atom stereocenters. The van der Waals surface area contributed by atoms with E-state index in [0.717, 1.165) is 10.9 Å². The molecule has 1 saturated heterocycles. The second-order valence-electron chi connectivity index (χ2n) is 4.17. The van der Waals surface area contributed by atoms with E-state index in [2.05, 4.69) is 20.7 Å². The van der Waals surface area contributed by atoms with E-state index < -0.39 is 10.0 Å². The number of ether oxygens (including phenoxy) is 2. The van der Waals surface area contributed by atoms with E-state index in [4.69, 9.17) is 9.47 Å². The van der Waals surface area contributed by atoms with Crippen molar-refractivity contribution in [3.8, 4) is 0 Å². The van der Waals surface area contributed by atoms with Gasteiger partial charge in [0.2, 0.25) is 10.0 Å². The Bertz CT molecular complexity index is 497. The largest absolute Gasteiger partial charge is 0.353 e. The lowest BCUT2D eigenvalue weighted by Crippen LogP contribution is -2.31. The summed E-state index contributed by atoms with van der Waals surface area (Å²) in [7, 11) is -3.46. The highest BCUT2D eigenvalue weighted by atomic mass is 79.9. The number of nitrogens with one attached hydrogen (secondary N) is 1. The number of rotatable bonds is 5. The molecule has 1 aromatic rings. The third-order valence-electron chi connectivity index (χ3n) is 2.69. The molecule has 1 N–H and O–H groups in total. The Morgan fingerprint density at radius 2 is 1.84 bits per heavy atom. The molecule has 1 aliphatic heterocycles. The van der Waals surface area contributed by atoms with Gasteiger partial charge in [-0.1, -0.05) is 15.9 Å².